The standard InChI is InChI=1S/C8H11F3N4O2/c1-14-5-13-7(15(16)17)6(14)12-4-2-3-8(9,10)11/h5,12H,2-4H2,1H3. The van der Waals surface area contributed by atoms with Gasteiger partial charge < -0.3 is 15.4 Å². The lowest BCUT2D eigenvalue weighted by atomic mass is 10.3. The Hall–Kier alpha value is -1.80. The Morgan fingerprint density at radius 1 is 1.59 bits per heavy atom. The SMILES string of the molecule is Cn1cnc([N+](=O)[O-])c1NCCCC(F)(F)F. The number of hydrogen-bond donors (Lipinski definition) is 1. The van der Waals surface area contributed by atoms with Crippen molar-refractivity contribution in [1.29, 1.82) is 0 Å². The Morgan fingerprint density at radius 3 is 2.76 bits per heavy atom. The highest BCUT2D eigenvalue weighted by Crippen LogP contribution is 2.23. The highest BCUT2D eigenvalue weighted by Gasteiger charge is 2.26. The molecule has 1 heterocycles. The molecule has 0 aliphatic rings. The lowest BCUT2D eigenvalue weighted by Gasteiger charge is -2.08. The first-order chi connectivity index (χ1) is 7.81. The van der Waals surface area contributed by atoms with Crippen molar-refractivity contribution in [2.24, 2.45) is 7.05 Å². The van der Waals surface area contributed by atoms with Gasteiger partial charge in [0.15, 0.2) is 0 Å². The molecule has 0 aliphatic heterocycles. The molecule has 0 amide bonds. The van der Waals surface area contributed by atoms with Gasteiger partial charge in [0.25, 0.3) is 0 Å². The van der Waals surface area contributed by atoms with Gasteiger partial charge >= 0.3 is 12.0 Å². The molecular formula is C8H11F3N4O2. The Bertz CT molecular complexity index is 402. The van der Waals surface area contributed by atoms with E-state index >= 15 is 0 Å². The monoisotopic (exact) mass is 252 g/mol. The topological polar surface area (TPSA) is 73.0 Å². The van der Waals surface area contributed by atoms with Crippen LogP contribution in [0.2, 0.25) is 0 Å². The van der Waals surface area contributed by atoms with Crippen molar-refractivity contribution in [1.82, 2.24) is 9.55 Å². The molecule has 1 N–H and O–H groups in total. The summed E-state index contributed by atoms with van der Waals surface area (Å²) in [5.41, 5.74) is 0. The minimum absolute atomic E-state index is 0.000116. The number of nitrogens with one attached hydrogen (secondary N) is 1. The second-order valence-corrected chi connectivity index (χ2v) is 3.43. The van der Waals surface area contributed by atoms with Crippen LogP contribution in [0.25, 0.3) is 0 Å². The summed E-state index contributed by atoms with van der Waals surface area (Å²) < 4.78 is 36.9. The number of hydrogen-bond acceptors (Lipinski definition) is 4. The zero-order valence-electron chi connectivity index (χ0n) is 8.99. The fourth-order valence-corrected chi connectivity index (χ4v) is 1.25. The van der Waals surface area contributed by atoms with Gasteiger partial charge in [-0.15, -0.1) is 0 Å². The van der Waals surface area contributed by atoms with E-state index in [1.54, 1.807) is 0 Å². The summed E-state index contributed by atoms with van der Waals surface area (Å²) in [7, 11) is 1.52. The largest absolute Gasteiger partial charge is 0.406 e. The molecule has 9 heteroatoms. The van der Waals surface area contributed by atoms with Gasteiger partial charge in [-0.2, -0.15) is 13.2 Å². The molecule has 0 bridgehead atoms. The number of aromatic nitrogens is 2. The van der Waals surface area contributed by atoms with Crippen molar-refractivity contribution < 1.29 is 18.1 Å². The third-order valence-corrected chi connectivity index (χ3v) is 2.02. The van der Waals surface area contributed by atoms with Crippen molar-refractivity contribution in [3.8, 4) is 0 Å². The number of anilines is 1. The number of halogens is 3. The fraction of sp³-hybridized carbons (Fsp3) is 0.625. The van der Waals surface area contributed by atoms with Crippen molar-refractivity contribution in [3.05, 3.63) is 16.4 Å². The molecule has 0 unspecified atom stereocenters. The van der Waals surface area contributed by atoms with Crippen LogP contribution in [0.5, 0.6) is 0 Å². The minimum atomic E-state index is -4.21. The van der Waals surface area contributed by atoms with E-state index in [0.29, 0.717) is 0 Å². The first kappa shape index (κ1) is 13.3. The van der Waals surface area contributed by atoms with Crippen LogP contribution < -0.4 is 5.32 Å². The molecule has 1 rings (SSSR count). The normalized spacial score (nSPS) is 11.5. The molecular weight excluding hydrogens is 241 g/mol. The second-order valence-electron chi connectivity index (χ2n) is 3.43. The highest BCUT2D eigenvalue weighted by atomic mass is 19.4. The molecule has 0 atom stereocenters. The maximum absolute atomic E-state index is 11.9. The first-order valence-corrected chi connectivity index (χ1v) is 4.77. The lowest BCUT2D eigenvalue weighted by Crippen LogP contribution is -2.12. The number of rotatable bonds is 5. The smallest absolute Gasteiger partial charge is 0.364 e. The maximum Gasteiger partial charge on any atom is 0.406 e. The quantitative estimate of drug-likeness (QED) is 0.494. The van der Waals surface area contributed by atoms with Crippen molar-refractivity contribution in [3.63, 3.8) is 0 Å². The van der Waals surface area contributed by atoms with Crippen LogP contribution in [0.4, 0.5) is 24.8 Å². The fourth-order valence-electron chi connectivity index (χ4n) is 1.25. The predicted octanol–water partition coefficient (Wildman–Crippen LogP) is 2.08. The van der Waals surface area contributed by atoms with Crippen LogP contribution >= 0.6 is 0 Å². The Balaban J connectivity index is 2.52. The van der Waals surface area contributed by atoms with E-state index in [1.165, 1.54) is 17.9 Å². The zero-order valence-corrected chi connectivity index (χ0v) is 8.99. The Morgan fingerprint density at radius 2 is 2.24 bits per heavy atom. The molecule has 96 valence electrons. The third kappa shape index (κ3) is 3.93. The van der Waals surface area contributed by atoms with E-state index in [1.807, 2.05) is 0 Å². The van der Waals surface area contributed by atoms with Crippen molar-refractivity contribution in [2.75, 3.05) is 11.9 Å². The summed E-state index contributed by atoms with van der Waals surface area (Å²) in [6.45, 7) is -0.000116. The highest BCUT2D eigenvalue weighted by molar-refractivity contribution is 5.51. The van der Waals surface area contributed by atoms with E-state index in [0.717, 1.165) is 0 Å². The average Bonchev–Trinajstić information content (AvgIpc) is 2.53. The average molecular weight is 252 g/mol. The first-order valence-electron chi connectivity index (χ1n) is 4.77. The molecule has 0 aromatic carbocycles. The summed E-state index contributed by atoms with van der Waals surface area (Å²) in [5.74, 6) is -0.281. The van der Waals surface area contributed by atoms with Crippen LogP contribution in [-0.4, -0.2) is 27.2 Å². The number of alkyl halides is 3. The van der Waals surface area contributed by atoms with E-state index in [9.17, 15) is 23.3 Å². The minimum Gasteiger partial charge on any atom is -0.364 e. The van der Waals surface area contributed by atoms with Gasteiger partial charge in [0.1, 0.15) is 0 Å². The van der Waals surface area contributed by atoms with Gasteiger partial charge in [-0.25, -0.2) is 0 Å². The van der Waals surface area contributed by atoms with E-state index in [-0.39, 0.29) is 24.6 Å². The molecule has 0 fully saturated rings. The van der Waals surface area contributed by atoms with Gasteiger partial charge in [-0.05, 0) is 16.3 Å². The summed E-state index contributed by atoms with van der Waals surface area (Å²) >= 11 is 0. The van der Waals surface area contributed by atoms with E-state index in [2.05, 4.69) is 10.3 Å². The van der Waals surface area contributed by atoms with E-state index < -0.39 is 17.5 Å². The molecule has 17 heavy (non-hydrogen) atoms. The van der Waals surface area contributed by atoms with Crippen LogP contribution in [0.1, 0.15) is 12.8 Å². The molecule has 0 saturated carbocycles. The van der Waals surface area contributed by atoms with Gasteiger partial charge in [-0.3, -0.25) is 4.57 Å². The molecule has 6 nitrogen and oxygen atoms in total. The van der Waals surface area contributed by atoms with E-state index in [4.69, 9.17) is 0 Å². The van der Waals surface area contributed by atoms with Crippen molar-refractivity contribution >= 4 is 11.6 Å². The van der Waals surface area contributed by atoms with Crippen LogP contribution in [-0.2, 0) is 7.05 Å². The molecule has 0 spiro atoms. The van der Waals surface area contributed by atoms with Crippen molar-refractivity contribution in [2.45, 2.75) is 19.0 Å². The van der Waals surface area contributed by atoms with Crippen LogP contribution in [0.15, 0.2) is 6.33 Å². The molecule has 1 aromatic heterocycles. The maximum atomic E-state index is 11.9. The molecule has 0 radical (unpaired) electrons. The van der Waals surface area contributed by atoms with Crippen LogP contribution in [0, 0.1) is 10.1 Å². The predicted molar refractivity (Wildman–Crippen MR) is 53.6 cm³/mol. The number of nitrogens with zero attached hydrogens (tertiary/aromatic N) is 3. The molecule has 1 aromatic rings. The third-order valence-electron chi connectivity index (χ3n) is 2.02. The summed E-state index contributed by atoms with van der Waals surface area (Å²) in [4.78, 5) is 13.4. The number of imidazole rings is 1. The zero-order chi connectivity index (χ0) is 13.1. The summed E-state index contributed by atoms with van der Waals surface area (Å²) in [6, 6.07) is 0. The molecule has 0 saturated heterocycles. The van der Waals surface area contributed by atoms with Gasteiger partial charge in [0, 0.05) is 20.0 Å². The second kappa shape index (κ2) is 5.02. The van der Waals surface area contributed by atoms with Gasteiger partial charge in [0.2, 0.25) is 12.1 Å². The summed E-state index contributed by atoms with van der Waals surface area (Å²) in [6.07, 6.45) is -4.05. The Kier molecular flexibility index (Phi) is 3.92. The lowest BCUT2D eigenvalue weighted by molar-refractivity contribution is -0.388. The number of aryl methyl sites for hydroxylation is 1. The molecule has 0 aliphatic carbocycles. The van der Waals surface area contributed by atoms with Crippen LogP contribution in [0.3, 0.4) is 0 Å². The van der Waals surface area contributed by atoms with Gasteiger partial charge in [-0.1, -0.05) is 0 Å². The number of nitro groups is 1. The summed E-state index contributed by atoms with van der Waals surface area (Å²) in [5, 5.41) is 13.1. The van der Waals surface area contributed by atoms with Gasteiger partial charge in [0.05, 0.1) is 0 Å². The Labute approximate surface area is 94.6 Å².